The Morgan fingerprint density at radius 3 is 2.93 bits per heavy atom. The van der Waals surface area contributed by atoms with Gasteiger partial charge in [0.25, 0.3) is 0 Å². The van der Waals surface area contributed by atoms with E-state index in [0.29, 0.717) is 16.7 Å². The molecule has 2 rings (SSSR count). The van der Waals surface area contributed by atoms with Gasteiger partial charge in [-0.05, 0) is 18.6 Å². The summed E-state index contributed by atoms with van der Waals surface area (Å²) < 4.78 is 0. The molecule has 0 aromatic carbocycles. The van der Waals surface area contributed by atoms with Crippen molar-refractivity contribution in [1.82, 2.24) is 20.2 Å². The fourth-order valence-electron chi connectivity index (χ4n) is 1.29. The highest BCUT2D eigenvalue weighted by Gasteiger charge is 2.06. The number of hydrogen-bond donors (Lipinski definition) is 1. The molecule has 2 heterocycles. The van der Waals surface area contributed by atoms with Crippen LogP contribution in [0.25, 0.3) is 11.5 Å². The van der Waals surface area contributed by atoms with Crippen LogP contribution in [0.5, 0.6) is 0 Å². The topological polar surface area (TPSA) is 54.5 Å². The van der Waals surface area contributed by atoms with E-state index in [2.05, 4.69) is 27.1 Å². The van der Waals surface area contributed by atoms with E-state index in [1.165, 1.54) is 0 Å². The predicted molar refractivity (Wildman–Crippen MR) is 58.6 cm³/mol. The molecule has 0 aliphatic carbocycles. The number of rotatable bonds is 3. The molecule has 0 amide bonds. The van der Waals surface area contributed by atoms with Crippen molar-refractivity contribution >= 4 is 11.6 Å². The van der Waals surface area contributed by atoms with E-state index in [9.17, 15) is 0 Å². The van der Waals surface area contributed by atoms with Crippen molar-refractivity contribution in [2.75, 3.05) is 0 Å². The molecular weight excluding hydrogens is 212 g/mol. The van der Waals surface area contributed by atoms with Crippen LogP contribution in [0.3, 0.4) is 0 Å². The van der Waals surface area contributed by atoms with Gasteiger partial charge in [-0.1, -0.05) is 24.6 Å². The van der Waals surface area contributed by atoms with Crippen LogP contribution in [0.1, 0.15) is 19.2 Å². The second-order valence-electron chi connectivity index (χ2n) is 3.20. The Morgan fingerprint density at radius 2 is 2.20 bits per heavy atom. The van der Waals surface area contributed by atoms with Crippen molar-refractivity contribution in [3.63, 3.8) is 0 Å². The third-order valence-electron chi connectivity index (χ3n) is 1.96. The van der Waals surface area contributed by atoms with Gasteiger partial charge in [-0.25, -0.2) is 9.97 Å². The lowest BCUT2D eigenvalue weighted by Crippen LogP contribution is -1.87. The smallest absolute Gasteiger partial charge is 0.199 e. The Hall–Kier alpha value is -1.42. The minimum atomic E-state index is 0.453. The number of aromatic amines is 1. The van der Waals surface area contributed by atoms with Crippen LogP contribution in [-0.4, -0.2) is 20.2 Å². The fourth-order valence-corrected chi connectivity index (χ4v) is 1.46. The summed E-state index contributed by atoms with van der Waals surface area (Å²) in [5.41, 5.74) is 0.695. The van der Waals surface area contributed by atoms with E-state index in [1.54, 1.807) is 6.07 Å². The molecule has 0 saturated carbocycles. The number of H-pyrrole nitrogens is 1. The molecule has 0 spiro atoms. The molecule has 0 bridgehead atoms. The first-order valence-electron chi connectivity index (χ1n) is 4.84. The van der Waals surface area contributed by atoms with Crippen LogP contribution in [0.4, 0.5) is 0 Å². The highest BCUT2D eigenvalue weighted by atomic mass is 35.5. The van der Waals surface area contributed by atoms with Gasteiger partial charge in [0.1, 0.15) is 16.7 Å². The summed E-state index contributed by atoms with van der Waals surface area (Å²) in [6.07, 6.45) is 1.94. The largest absolute Gasteiger partial charge is 0.263 e. The zero-order valence-electron chi connectivity index (χ0n) is 8.37. The summed E-state index contributed by atoms with van der Waals surface area (Å²) in [4.78, 5) is 8.46. The lowest BCUT2D eigenvalue weighted by Gasteiger charge is -1.93. The molecule has 0 saturated heterocycles. The van der Waals surface area contributed by atoms with Crippen LogP contribution in [0.2, 0.25) is 5.15 Å². The number of aryl methyl sites for hydroxylation is 1. The minimum Gasteiger partial charge on any atom is -0.263 e. The normalized spacial score (nSPS) is 10.5. The SMILES string of the molecule is CCCc1nc(-c2cccc(Cl)n2)n[nH]1. The zero-order valence-corrected chi connectivity index (χ0v) is 9.12. The van der Waals surface area contributed by atoms with E-state index < -0.39 is 0 Å². The summed E-state index contributed by atoms with van der Waals surface area (Å²) in [6.45, 7) is 2.10. The molecule has 5 heteroatoms. The number of aromatic nitrogens is 4. The summed E-state index contributed by atoms with van der Waals surface area (Å²) in [5.74, 6) is 1.48. The molecular formula is C10H11ClN4. The van der Waals surface area contributed by atoms with Gasteiger partial charge in [-0.3, -0.25) is 5.10 Å². The van der Waals surface area contributed by atoms with Crippen LogP contribution in [0.15, 0.2) is 18.2 Å². The number of nitrogens with one attached hydrogen (secondary N) is 1. The van der Waals surface area contributed by atoms with E-state index in [0.717, 1.165) is 18.7 Å². The molecule has 0 atom stereocenters. The van der Waals surface area contributed by atoms with Crippen molar-refractivity contribution in [3.8, 4) is 11.5 Å². The molecule has 15 heavy (non-hydrogen) atoms. The maximum absolute atomic E-state index is 5.79. The lowest BCUT2D eigenvalue weighted by molar-refractivity contribution is 0.841. The average Bonchev–Trinajstić information content (AvgIpc) is 2.67. The van der Waals surface area contributed by atoms with E-state index in [4.69, 9.17) is 11.6 Å². The van der Waals surface area contributed by atoms with Gasteiger partial charge in [-0.15, -0.1) is 0 Å². The number of nitrogens with zero attached hydrogens (tertiary/aromatic N) is 3. The first kappa shape index (κ1) is 10.1. The summed E-state index contributed by atoms with van der Waals surface area (Å²) in [7, 11) is 0. The summed E-state index contributed by atoms with van der Waals surface area (Å²) in [6, 6.07) is 5.40. The van der Waals surface area contributed by atoms with E-state index >= 15 is 0 Å². The quantitative estimate of drug-likeness (QED) is 0.812. The van der Waals surface area contributed by atoms with Gasteiger partial charge in [-0.2, -0.15) is 5.10 Å². The molecule has 0 aliphatic rings. The third kappa shape index (κ3) is 2.33. The van der Waals surface area contributed by atoms with Gasteiger partial charge >= 0.3 is 0 Å². The van der Waals surface area contributed by atoms with Crippen molar-refractivity contribution < 1.29 is 0 Å². The first-order valence-corrected chi connectivity index (χ1v) is 5.21. The predicted octanol–water partition coefficient (Wildman–Crippen LogP) is 2.47. The summed E-state index contributed by atoms with van der Waals surface area (Å²) >= 11 is 5.79. The Bertz CT molecular complexity index is 452. The summed E-state index contributed by atoms with van der Waals surface area (Å²) in [5, 5.41) is 7.42. The molecule has 78 valence electrons. The van der Waals surface area contributed by atoms with E-state index in [-0.39, 0.29) is 0 Å². The van der Waals surface area contributed by atoms with Gasteiger partial charge in [0.05, 0.1) is 0 Å². The number of hydrogen-bond acceptors (Lipinski definition) is 3. The Labute approximate surface area is 92.7 Å². The van der Waals surface area contributed by atoms with Crippen molar-refractivity contribution in [2.45, 2.75) is 19.8 Å². The van der Waals surface area contributed by atoms with Crippen molar-refractivity contribution in [1.29, 1.82) is 0 Å². The maximum atomic E-state index is 5.79. The standard InChI is InChI=1S/C10H11ClN4/c1-2-4-9-13-10(15-14-9)7-5-3-6-8(11)12-7/h3,5-6H,2,4H2,1H3,(H,13,14,15). The number of halogens is 1. The monoisotopic (exact) mass is 222 g/mol. The molecule has 0 fully saturated rings. The number of pyridine rings is 1. The Kier molecular flexibility index (Phi) is 2.97. The minimum absolute atomic E-state index is 0.453. The zero-order chi connectivity index (χ0) is 10.7. The maximum Gasteiger partial charge on any atom is 0.199 e. The molecule has 0 aliphatic heterocycles. The van der Waals surface area contributed by atoms with Crippen molar-refractivity contribution in [3.05, 3.63) is 29.2 Å². The van der Waals surface area contributed by atoms with Gasteiger partial charge in [0.2, 0.25) is 0 Å². The Balaban J connectivity index is 2.29. The molecule has 2 aromatic rings. The lowest BCUT2D eigenvalue weighted by atomic mass is 10.3. The van der Waals surface area contributed by atoms with Gasteiger partial charge in [0.15, 0.2) is 5.82 Å². The van der Waals surface area contributed by atoms with Crippen LogP contribution in [0, 0.1) is 0 Å². The highest BCUT2D eigenvalue weighted by Crippen LogP contribution is 2.14. The van der Waals surface area contributed by atoms with Crippen molar-refractivity contribution in [2.24, 2.45) is 0 Å². The Morgan fingerprint density at radius 1 is 1.33 bits per heavy atom. The molecule has 4 nitrogen and oxygen atoms in total. The molecule has 0 unspecified atom stereocenters. The van der Waals surface area contributed by atoms with Gasteiger partial charge in [0, 0.05) is 6.42 Å². The van der Waals surface area contributed by atoms with E-state index in [1.807, 2.05) is 12.1 Å². The second-order valence-corrected chi connectivity index (χ2v) is 3.59. The van der Waals surface area contributed by atoms with Crippen LogP contribution >= 0.6 is 11.6 Å². The third-order valence-corrected chi connectivity index (χ3v) is 2.17. The van der Waals surface area contributed by atoms with Crippen LogP contribution < -0.4 is 0 Å². The first-order chi connectivity index (χ1) is 7.29. The fraction of sp³-hybridized carbons (Fsp3) is 0.300. The highest BCUT2D eigenvalue weighted by molar-refractivity contribution is 6.29. The van der Waals surface area contributed by atoms with Gasteiger partial charge < -0.3 is 0 Å². The second kappa shape index (κ2) is 4.40. The molecule has 0 radical (unpaired) electrons. The molecule has 2 aromatic heterocycles. The average molecular weight is 223 g/mol. The molecule has 1 N–H and O–H groups in total. The van der Waals surface area contributed by atoms with Crippen LogP contribution in [-0.2, 0) is 6.42 Å².